The summed E-state index contributed by atoms with van der Waals surface area (Å²) < 4.78 is 47.0. The van der Waals surface area contributed by atoms with E-state index in [1.54, 1.807) is 24.3 Å². The Hall–Kier alpha value is -1.96. The molecule has 25 heavy (non-hydrogen) atoms. The van der Waals surface area contributed by atoms with Gasteiger partial charge in [0.15, 0.2) is 0 Å². The maximum absolute atomic E-state index is 12.1. The van der Waals surface area contributed by atoms with Crippen LogP contribution >= 0.6 is 0 Å². The van der Waals surface area contributed by atoms with E-state index >= 15 is 0 Å². The van der Waals surface area contributed by atoms with Crippen LogP contribution in [0.1, 0.15) is 31.2 Å². The summed E-state index contributed by atoms with van der Waals surface area (Å²) in [6.07, 6.45) is -2.33. The Morgan fingerprint density at radius 2 is 1.92 bits per heavy atom. The monoisotopic (exact) mass is 359 g/mol. The van der Waals surface area contributed by atoms with Crippen LogP contribution in [0.15, 0.2) is 24.3 Å². The van der Waals surface area contributed by atoms with Crippen molar-refractivity contribution in [2.75, 3.05) is 6.61 Å². The number of amides is 1. The molecule has 1 N–H and O–H groups in total. The summed E-state index contributed by atoms with van der Waals surface area (Å²) in [5, 5.41) is 9.26. The van der Waals surface area contributed by atoms with Gasteiger partial charge >= 0.3 is 12.3 Å². The van der Waals surface area contributed by atoms with E-state index in [4.69, 9.17) is 4.74 Å². The zero-order valence-electron chi connectivity index (χ0n) is 13.5. The largest absolute Gasteiger partial charge is 0.490 e. The van der Waals surface area contributed by atoms with E-state index in [-0.39, 0.29) is 24.8 Å². The molecule has 2 atom stereocenters. The van der Waals surface area contributed by atoms with Gasteiger partial charge in [0, 0.05) is 24.9 Å². The highest BCUT2D eigenvalue weighted by Crippen LogP contribution is 2.37. The van der Waals surface area contributed by atoms with E-state index in [1.165, 1.54) is 4.90 Å². The van der Waals surface area contributed by atoms with E-state index in [2.05, 4.69) is 4.74 Å². The molecule has 0 spiro atoms. The average molecular weight is 359 g/mol. The van der Waals surface area contributed by atoms with Crippen LogP contribution in [0.3, 0.4) is 0 Å². The van der Waals surface area contributed by atoms with Gasteiger partial charge in [-0.3, -0.25) is 0 Å². The smallest absolute Gasteiger partial charge is 0.411 e. The first-order valence-corrected chi connectivity index (χ1v) is 8.23. The summed E-state index contributed by atoms with van der Waals surface area (Å²) in [5.74, 6) is 0.571. The van der Waals surface area contributed by atoms with Crippen LogP contribution in [0.5, 0.6) is 5.75 Å². The first-order valence-electron chi connectivity index (χ1n) is 8.23. The molecule has 8 heteroatoms. The molecule has 0 aromatic heterocycles. The SMILES string of the molecule is O=C(O)N1C2CCC1CC(Oc1cccc(COCC(F)(F)F)c1)C2. The van der Waals surface area contributed by atoms with Gasteiger partial charge in [-0.05, 0) is 30.5 Å². The van der Waals surface area contributed by atoms with Crippen LogP contribution in [-0.4, -0.2) is 47.1 Å². The molecular formula is C17H20F3NO4. The molecular weight excluding hydrogens is 339 g/mol. The summed E-state index contributed by atoms with van der Waals surface area (Å²) in [5.41, 5.74) is 0.604. The molecule has 2 aliphatic rings. The molecule has 138 valence electrons. The fourth-order valence-electron chi connectivity index (χ4n) is 3.72. The molecule has 3 rings (SSSR count). The van der Waals surface area contributed by atoms with Gasteiger partial charge in [-0.1, -0.05) is 12.1 Å². The minimum absolute atomic E-state index is 0.0143. The summed E-state index contributed by atoms with van der Waals surface area (Å²) >= 11 is 0. The number of halogens is 3. The van der Waals surface area contributed by atoms with Gasteiger partial charge in [-0.25, -0.2) is 4.79 Å². The molecule has 1 amide bonds. The van der Waals surface area contributed by atoms with Crippen molar-refractivity contribution in [3.05, 3.63) is 29.8 Å². The topological polar surface area (TPSA) is 59.0 Å². The first-order chi connectivity index (χ1) is 11.8. The minimum Gasteiger partial charge on any atom is -0.490 e. The highest BCUT2D eigenvalue weighted by molar-refractivity contribution is 5.66. The molecule has 0 saturated carbocycles. The molecule has 1 aromatic rings. The van der Waals surface area contributed by atoms with Crippen molar-refractivity contribution in [3.63, 3.8) is 0 Å². The Balaban J connectivity index is 1.55. The quantitative estimate of drug-likeness (QED) is 0.868. The Kier molecular flexibility index (Phi) is 5.08. The van der Waals surface area contributed by atoms with Crippen LogP contribution in [0.4, 0.5) is 18.0 Å². The number of fused-ring (bicyclic) bond motifs is 2. The third-order valence-electron chi connectivity index (χ3n) is 4.65. The third-order valence-corrected chi connectivity index (χ3v) is 4.65. The lowest BCUT2D eigenvalue weighted by Crippen LogP contribution is -2.48. The zero-order valence-corrected chi connectivity index (χ0v) is 13.5. The number of hydrogen-bond acceptors (Lipinski definition) is 3. The van der Waals surface area contributed by atoms with Crippen LogP contribution in [0.25, 0.3) is 0 Å². The maximum Gasteiger partial charge on any atom is 0.411 e. The summed E-state index contributed by atoms with van der Waals surface area (Å²) in [7, 11) is 0. The standard InChI is InChI=1S/C17H20F3NO4/c18-17(19,20)10-24-9-11-2-1-3-14(6-11)25-15-7-12-4-5-13(8-15)21(12)16(22)23/h1-3,6,12-13,15H,4-5,7-10H2,(H,22,23). The number of benzene rings is 1. The van der Waals surface area contributed by atoms with E-state index in [0.29, 0.717) is 24.2 Å². The van der Waals surface area contributed by atoms with Crippen molar-refractivity contribution in [3.8, 4) is 5.75 Å². The van der Waals surface area contributed by atoms with Gasteiger partial charge in [-0.15, -0.1) is 0 Å². The molecule has 2 unspecified atom stereocenters. The molecule has 0 radical (unpaired) electrons. The molecule has 0 aliphatic carbocycles. The fourth-order valence-corrected chi connectivity index (χ4v) is 3.72. The molecule has 2 aliphatic heterocycles. The normalized spacial score (nSPS) is 25.9. The Bertz CT molecular complexity index is 608. The number of hydrogen-bond donors (Lipinski definition) is 1. The lowest BCUT2D eigenvalue weighted by atomic mass is 10.00. The number of nitrogens with zero attached hydrogens (tertiary/aromatic N) is 1. The summed E-state index contributed by atoms with van der Waals surface area (Å²) in [6, 6.07) is 6.78. The number of carbonyl (C=O) groups is 1. The molecule has 2 heterocycles. The van der Waals surface area contributed by atoms with Crippen molar-refractivity contribution in [2.45, 2.75) is 56.7 Å². The minimum atomic E-state index is -4.34. The number of carboxylic acid groups (broad SMARTS) is 1. The highest BCUT2D eigenvalue weighted by Gasteiger charge is 2.44. The van der Waals surface area contributed by atoms with Crippen molar-refractivity contribution < 1.29 is 32.5 Å². The molecule has 2 bridgehead atoms. The van der Waals surface area contributed by atoms with Gasteiger partial charge in [0.25, 0.3) is 0 Å². The second-order valence-electron chi connectivity index (χ2n) is 6.54. The second-order valence-corrected chi connectivity index (χ2v) is 6.54. The predicted octanol–water partition coefficient (Wildman–Crippen LogP) is 3.82. The van der Waals surface area contributed by atoms with Gasteiger partial charge < -0.3 is 19.5 Å². The number of alkyl halides is 3. The zero-order chi connectivity index (χ0) is 18.0. The molecule has 2 fully saturated rings. The lowest BCUT2D eigenvalue weighted by Gasteiger charge is -2.37. The van der Waals surface area contributed by atoms with Gasteiger partial charge in [0.2, 0.25) is 0 Å². The number of piperidine rings is 1. The summed E-state index contributed by atoms with van der Waals surface area (Å²) in [6.45, 7) is -1.42. The van der Waals surface area contributed by atoms with Crippen molar-refractivity contribution >= 4 is 6.09 Å². The Morgan fingerprint density at radius 3 is 2.52 bits per heavy atom. The Morgan fingerprint density at radius 1 is 1.24 bits per heavy atom. The van der Waals surface area contributed by atoms with Crippen LogP contribution in [0.2, 0.25) is 0 Å². The maximum atomic E-state index is 12.1. The van der Waals surface area contributed by atoms with E-state index in [1.807, 2.05) is 0 Å². The molecule has 1 aromatic carbocycles. The Labute approximate surface area is 143 Å². The lowest BCUT2D eigenvalue weighted by molar-refractivity contribution is -0.176. The summed E-state index contributed by atoms with van der Waals surface area (Å²) in [4.78, 5) is 12.8. The van der Waals surface area contributed by atoms with Crippen LogP contribution in [0, 0.1) is 0 Å². The van der Waals surface area contributed by atoms with Gasteiger partial charge in [0.05, 0.1) is 6.61 Å². The van der Waals surface area contributed by atoms with Crippen molar-refractivity contribution in [1.82, 2.24) is 4.90 Å². The van der Waals surface area contributed by atoms with Crippen molar-refractivity contribution in [2.24, 2.45) is 0 Å². The van der Waals surface area contributed by atoms with E-state index in [9.17, 15) is 23.1 Å². The van der Waals surface area contributed by atoms with Gasteiger partial charge in [0.1, 0.15) is 18.5 Å². The van der Waals surface area contributed by atoms with Crippen molar-refractivity contribution in [1.29, 1.82) is 0 Å². The second kappa shape index (κ2) is 7.11. The molecule has 2 saturated heterocycles. The number of rotatable bonds is 5. The fraction of sp³-hybridized carbons (Fsp3) is 0.588. The molecule has 5 nitrogen and oxygen atoms in total. The number of ether oxygens (including phenoxy) is 2. The van der Waals surface area contributed by atoms with E-state index in [0.717, 1.165) is 12.8 Å². The van der Waals surface area contributed by atoms with Crippen LogP contribution < -0.4 is 4.74 Å². The third kappa shape index (κ3) is 4.56. The predicted molar refractivity (Wildman–Crippen MR) is 82.5 cm³/mol. The van der Waals surface area contributed by atoms with E-state index < -0.39 is 18.9 Å². The highest BCUT2D eigenvalue weighted by atomic mass is 19.4. The van der Waals surface area contributed by atoms with Crippen LogP contribution in [-0.2, 0) is 11.3 Å². The first kappa shape index (κ1) is 17.8. The van der Waals surface area contributed by atoms with Gasteiger partial charge in [-0.2, -0.15) is 13.2 Å². The average Bonchev–Trinajstić information content (AvgIpc) is 2.78.